The van der Waals surface area contributed by atoms with Gasteiger partial charge in [0.05, 0.1) is 5.52 Å². The fraction of sp³-hybridized carbons (Fsp3) is 0.273. The average Bonchev–Trinajstić information content (AvgIpc) is 3.00. The Morgan fingerprint density at radius 1 is 1.29 bits per heavy atom. The molecule has 0 saturated heterocycles. The van der Waals surface area contributed by atoms with E-state index in [0.29, 0.717) is 11.4 Å². The van der Waals surface area contributed by atoms with E-state index in [9.17, 15) is 4.39 Å². The van der Waals surface area contributed by atoms with Crippen LogP contribution >= 0.6 is 0 Å². The van der Waals surface area contributed by atoms with Gasteiger partial charge < -0.3 is 0 Å². The molecule has 0 N–H and O–H groups in total. The van der Waals surface area contributed by atoms with Gasteiger partial charge in [0.1, 0.15) is 11.6 Å². The minimum atomic E-state index is -0.238. The van der Waals surface area contributed by atoms with Crippen molar-refractivity contribution >= 4 is 10.9 Å². The van der Waals surface area contributed by atoms with Gasteiger partial charge in [0.2, 0.25) is 0 Å². The number of nitrogens with zero attached hydrogens (tertiary/aromatic N) is 2. The molecule has 1 aromatic carbocycles. The van der Waals surface area contributed by atoms with E-state index < -0.39 is 0 Å². The van der Waals surface area contributed by atoms with Crippen molar-refractivity contribution < 1.29 is 4.39 Å². The summed E-state index contributed by atoms with van der Waals surface area (Å²) in [6.45, 7) is 0. The summed E-state index contributed by atoms with van der Waals surface area (Å²) >= 11 is 0. The summed E-state index contributed by atoms with van der Waals surface area (Å²) in [5, 5.41) is 0.899. The van der Waals surface area contributed by atoms with Crippen molar-refractivity contribution in [2.24, 2.45) is 0 Å². The topological polar surface area (TPSA) is 25.8 Å². The van der Waals surface area contributed by atoms with Crippen LogP contribution in [0.5, 0.6) is 0 Å². The van der Waals surface area contributed by atoms with Crippen molar-refractivity contribution in [3.05, 3.63) is 36.0 Å². The summed E-state index contributed by atoms with van der Waals surface area (Å²) in [4.78, 5) is 8.61. The summed E-state index contributed by atoms with van der Waals surface area (Å²) in [5.41, 5.74) is 0.710. The van der Waals surface area contributed by atoms with Crippen LogP contribution in [-0.2, 0) is 0 Å². The molecule has 2 aromatic rings. The molecule has 0 unspecified atom stereocenters. The molecule has 0 radical (unpaired) electrons. The molecule has 0 spiro atoms. The van der Waals surface area contributed by atoms with Crippen LogP contribution in [0.2, 0.25) is 0 Å². The van der Waals surface area contributed by atoms with Crippen LogP contribution in [0.15, 0.2) is 24.4 Å². The quantitative estimate of drug-likeness (QED) is 0.687. The molecule has 0 amide bonds. The minimum absolute atomic E-state index is 0.238. The third-order valence-corrected chi connectivity index (χ3v) is 2.51. The first-order valence-electron chi connectivity index (χ1n) is 4.75. The molecule has 1 saturated carbocycles. The van der Waals surface area contributed by atoms with Crippen LogP contribution in [0.25, 0.3) is 10.9 Å². The van der Waals surface area contributed by atoms with Crippen molar-refractivity contribution in [1.82, 2.24) is 9.97 Å². The first-order valence-corrected chi connectivity index (χ1v) is 4.75. The molecule has 14 heavy (non-hydrogen) atoms. The summed E-state index contributed by atoms with van der Waals surface area (Å²) in [6, 6.07) is 4.60. The zero-order valence-electron chi connectivity index (χ0n) is 7.57. The molecule has 1 aliphatic carbocycles. The fourth-order valence-electron chi connectivity index (χ4n) is 1.55. The highest BCUT2D eigenvalue weighted by Gasteiger charge is 2.26. The van der Waals surface area contributed by atoms with Gasteiger partial charge in [0.25, 0.3) is 0 Å². The summed E-state index contributed by atoms with van der Waals surface area (Å²) < 4.78 is 12.9. The maximum absolute atomic E-state index is 12.9. The Kier molecular flexibility index (Phi) is 1.54. The van der Waals surface area contributed by atoms with Gasteiger partial charge in [-0.2, -0.15) is 0 Å². The van der Waals surface area contributed by atoms with Crippen molar-refractivity contribution in [2.45, 2.75) is 18.8 Å². The smallest absolute Gasteiger partial charge is 0.132 e. The molecular weight excluding hydrogens is 179 g/mol. The van der Waals surface area contributed by atoms with E-state index in [1.165, 1.54) is 25.0 Å². The first-order chi connectivity index (χ1) is 6.83. The molecule has 3 rings (SSSR count). The Hall–Kier alpha value is -1.51. The second kappa shape index (κ2) is 2.74. The Morgan fingerprint density at radius 2 is 2.14 bits per heavy atom. The SMILES string of the molecule is Fc1ccc2cnc(C3CC3)nc2c1. The second-order valence-electron chi connectivity index (χ2n) is 3.71. The monoisotopic (exact) mass is 188 g/mol. The van der Waals surface area contributed by atoms with Gasteiger partial charge in [-0.25, -0.2) is 14.4 Å². The van der Waals surface area contributed by atoms with Crippen molar-refractivity contribution in [1.29, 1.82) is 0 Å². The third-order valence-electron chi connectivity index (χ3n) is 2.51. The van der Waals surface area contributed by atoms with Gasteiger partial charge in [-0.3, -0.25) is 0 Å². The van der Waals surface area contributed by atoms with E-state index in [2.05, 4.69) is 9.97 Å². The fourth-order valence-corrected chi connectivity index (χ4v) is 1.55. The highest BCUT2D eigenvalue weighted by molar-refractivity contribution is 5.77. The molecule has 0 bridgehead atoms. The Labute approximate surface area is 80.8 Å². The maximum Gasteiger partial charge on any atom is 0.132 e. The molecule has 1 aromatic heterocycles. The molecule has 70 valence electrons. The van der Waals surface area contributed by atoms with Gasteiger partial charge in [-0.1, -0.05) is 0 Å². The Morgan fingerprint density at radius 3 is 2.93 bits per heavy atom. The second-order valence-corrected chi connectivity index (χ2v) is 3.71. The van der Waals surface area contributed by atoms with Crippen LogP contribution in [0, 0.1) is 5.82 Å². The lowest BCUT2D eigenvalue weighted by molar-refractivity contribution is 0.629. The van der Waals surface area contributed by atoms with Gasteiger partial charge >= 0.3 is 0 Å². The number of hydrogen-bond acceptors (Lipinski definition) is 2. The average molecular weight is 188 g/mol. The van der Waals surface area contributed by atoms with E-state index in [4.69, 9.17) is 0 Å². The van der Waals surface area contributed by atoms with Crippen molar-refractivity contribution in [2.75, 3.05) is 0 Å². The zero-order valence-corrected chi connectivity index (χ0v) is 7.57. The lowest BCUT2D eigenvalue weighted by atomic mass is 10.2. The molecular formula is C11H9FN2. The number of hydrogen-bond donors (Lipinski definition) is 0. The van der Waals surface area contributed by atoms with Gasteiger partial charge in [-0.15, -0.1) is 0 Å². The van der Waals surface area contributed by atoms with E-state index >= 15 is 0 Å². The predicted molar refractivity (Wildman–Crippen MR) is 51.5 cm³/mol. The summed E-state index contributed by atoms with van der Waals surface area (Å²) in [6.07, 6.45) is 4.11. The maximum atomic E-state index is 12.9. The van der Waals surface area contributed by atoms with E-state index in [-0.39, 0.29) is 5.82 Å². The van der Waals surface area contributed by atoms with Crippen LogP contribution in [0.1, 0.15) is 24.6 Å². The Balaban J connectivity index is 2.20. The van der Waals surface area contributed by atoms with Crippen molar-refractivity contribution in [3.63, 3.8) is 0 Å². The molecule has 2 nitrogen and oxygen atoms in total. The van der Waals surface area contributed by atoms with Gasteiger partial charge in [0.15, 0.2) is 0 Å². The number of fused-ring (bicyclic) bond motifs is 1. The van der Waals surface area contributed by atoms with Crippen LogP contribution in [0.3, 0.4) is 0 Å². The first kappa shape index (κ1) is 7.85. The van der Waals surface area contributed by atoms with Crippen LogP contribution in [-0.4, -0.2) is 9.97 Å². The lowest BCUT2D eigenvalue weighted by Gasteiger charge is -1.99. The lowest BCUT2D eigenvalue weighted by Crippen LogP contribution is -1.92. The van der Waals surface area contributed by atoms with E-state index in [0.717, 1.165) is 11.2 Å². The minimum Gasteiger partial charge on any atom is -0.240 e. The van der Waals surface area contributed by atoms with Crippen LogP contribution < -0.4 is 0 Å². The highest BCUT2D eigenvalue weighted by atomic mass is 19.1. The van der Waals surface area contributed by atoms with Crippen molar-refractivity contribution in [3.8, 4) is 0 Å². The van der Waals surface area contributed by atoms with E-state index in [1.807, 2.05) is 0 Å². The largest absolute Gasteiger partial charge is 0.240 e. The zero-order chi connectivity index (χ0) is 9.54. The highest BCUT2D eigenvalue weighted by Crippen LogP contribution is 2.38. The standard InChI is InChI=1S/C11H9FN2/c12-9-4-3-8-6-13-11(7-1-2-7)14-10(8)5-9/h3-7H,1-2H2. The molecule has 0 aliphatic heterocycles. The molecule has 1 fully saturated rings. The van der Waals surface area contributed by atoms with Crippen LogP contribution in [0.4, 0.5) is 4.39 Å². The van der Waals surface area contributed by atoms with Gasteiger partial charge in [0, 0.05) is 23.6 Å². The third kappa shape index (κ3) is 1.25. The molecule has 3 heteroatoms. The molecule has 0 atom stereocenters. The van der Waals surface area contributed by atoms with E-state index in [1.54, 1.807) is 12.3 Å². The number of halogens is 1. The number of rotatable bonds is 1. The summed E-state index contributed by atoms with van der Waals surface area (Å²) in [7, 11) is 0. The number of benzene rings is 1. The molecule has 1 heterocycles. The van der Waals surface area contributed by atoms with Gasteiger partial charge in [-0.05, 0) is 25.0 Å². The molecule has 1 aliphatic rings. The number of aromatic nitrogens is 2. The summed E-state index contributed by atoms with van der Waals surface area (Å²) in [5.74, 6) is 1.14. The Bertz CT molecular complexity index is 492. The normalized spacial score (nSPS) is 16.1. The predicted octanol–water partition coefficient (Wildman–Crippen LogP) is 2.65.